The predicted octanol–water partition coefficient (Wildman–Crippen LogP) is 3.04. The molecule has 0 atom stereocenters. The van der Waals surface area contributed by atoms with Gasteiger partial charge in [0, 0.05) is 11.0 Å². The average molecular weight is 306 g/mol. The van der Waals surface area contributed by atoms with Crippen LogP contribution < -0.4 is 10.6 Å². The molecule has 0 unspecified atom stereocenters. The fourth-order valence-corrected chi connectivity index (χ4v) is 1.88. The number of carbonyl (C=O) groups is 1. The van der Waals surface area contributed by atoms with Gasteiger partial charge < -0.3 is 10.6 Å². The summed E-state index contributed by atoms with van der Waals surface area (Å²) in [6, 6.07) is 5.49. The highest BCUT2D eigenvalue weighted by Crippen LogP contribution is 2.25. The van der Waals surface area contributed by atoms with E-state index in [9.17, 15) is 4.79 Å². The lowest BCUT2D eigenvalue weighted by Crippen LogP contribution is -2.30. The summed E-state index contributed by atoms with van der Waals surface area (Å²) >= 11 is 9.31. The second-order valence-corrected chi connectivity index (χ2v) is 4.65. The first-order chi connectivity index (χ1) is 7.63. The van der Waals surface area contributed by atoms with Crippen LogP contribution in [0.1, 0.15) is 13.3 Å². The molecule has 0 aliphatic carbocycles. The van der Waals surface area contributed by atoms with Crippen molar-refractivity contribution in [2.45, 2.75) is 13.3 Å². The zero-order valence-corrected chi connectivity index (χ0v) is 11.4. The molecule has 0 aliphatic rings. The van der Waals surface area contributed by atoms with E-state index in [0.29, 0.717) is 11.6 Å². The van der Waals surface area contributed by atoms with Crippen LogP contribution in [0.25, 0.3) is 0 Å². The number of carbonyl (C=O) groups excluding carboxylic acids is 1. The van der Waals surface area contributed by atoms with Crippen molar-refractivity contribution in [1.29, 1.82) is 0 Å². The minimum Gasteiger partial charge on any atom is -0.375 e. The van der Waals surface area contributed by atoms with E-state index < -0.39 is 0 Å². The van der Waals surface area contributed by atoms with Gasteiger partial charge in [0.2, 0.25) is 5.91 Å². The lowest BCUT2D eigenvalue weighted by molar-refractivity contribution is -0.119. The van der Waals surface area contributed by atoms with Gasteiger partial charge in [0.15, 0.2) is 0 Å². The molecule has 0 aromatic heterocycles. The third kappa shape index (κ3) is 4.41. The van der Waals surface area contributed by atoms with Crippen LogP contribution in [0.15, 0.2) is 22.7 Å². The van der Waals surface area contributed by atoms with Crippen LogP contribution in [0.5, 0.6) is 0 Å². The van der Waals surface area contributed by atoms with Crippen LogP contribution in [0, 0.1) is 0 Å². The highest BCUT2D eigenvalue weighted by atomic mass is 79.9. The van der Waals surface area contributed by atoms with Gasteiger partial charge in [-0.3, -0.25) is 4.79 Å². The van der Waals surface area contributed by atoms with Crippen molar-refractivity contribution >= 4 is 39.1 Å². The fourth-order valence-electron chi connectivity index (χ4n) is 1.14. The molecule has 1 aromatic carbocycles. The molecule has 88 valence electrons. The van der Waals surface area contributed by atoms with Crippen LogP contribution in [-0.4, -0.2) is 19.0 Å². The van der Waals surface area contributed by atoms with E-state index in [-0.39, 0.29) is 12.5 Å². The second-order valence-electron chi connectivity index (χ2n) is 3.33. The van der Waals surface area contributed by atoms with Crippen molar-refractivity contribution < 1.29 is 4.79 Å². The van der Waals surface area contributed by atoms with Gasteiger partial charge in [-0.25, -0.2) is 0 Å². The molecule has 5 heteroatoms. The van der Waals surface area contributed by atoms with Crippen molar-refractivity contribution in [2.24, 2.45) is 0 Å². The molecular weight excluding hydrogens is 291 g/mol. The number of rotatable bonds is 5. The molecule has 3 nitrogen and oxygen atoms in total. The Kier molecular flexibility index (Phi) is 5.63. The third-order valence-electron chi connectivity index (χ3n) is 1.94. The van der Waals surface area contributed by atoms with Crippen LogP contribution in [0.3, 0.4) is 0 Å². The minimum absolute atomic E-state index is 0.0270. The summed E-state index contributed by atoms with van der Waals surface area (Å²) in [6.07, 6.45) is 0.935. The zero-order valence-electron chi connectivity index (χ0n) is 9.02. The number of nitrogens with one attached hydrogen (secondary N) is 2. The largest absolute Gasteiger partial charge is 0.375 e. The maximum Gasteiger partial charge on any atom is 0.239 e. The predicted molar refractivity (Wildman–Crippen MR) is 70.9 cm³/mol. The average Bonchev–Trinajstić information content (AvgIpc) is 2.25. The number of amides is 1. The Labute approximate surface area is 109 Å². The van der Waals surface area contributed by atoms with E-state index in [1.54, 1.807) is 6.07 Å². The maximum atomic E-state index is 11.3. The minimum atomic E-state index is -0.0270. The maximum absolute atomic E-state index is 11.3. The SMILES string of the molecule is CCCNC(=O)CNc1ccc(Br)cc1Cl. The highest BCUT2D eigenvalue weighted by molar-refractivity contribution is 9.10. The molecule has 1 aromatic rings. The van der Waals surface area contributed by atoms with Gasteiger partial charge in [0.05, 0.1) is 17.3 Å². The summed E-state index contributed by atoms with van der Waals surface area (Å²) in [4.78, 5) is 11.3. The number of hydrogen-bond donors (Lipinski definition) is 2. The van der Waals surface area contributed by atoms with Crippen molar-refractivity contribution in [1.82, 2.24) is 5.32 Å². The molecule has 0 aliphatic heterocycles. The van der Waals surface area contributed by atoms with E-state index in [2.05, 4.69) is 26.6 Å². The first kappa shape index (κ1) is 13.3. The van der Waals surface area contributed by atoms with Crippen LogP contribution in [0.4, 0.5) is 5.69 Å². The molecule has 0 spiro atoms. The zero-order chi connectivity index (χ0) is 12.0. The Balaban J connectivity index is 2.45. The molecule has 0 radical (unpaired) electrons. The molecule has 1 amide bonds. The van der Waals surface area contributed by atoms with E-state index in [1.165, 1.54) is 0 Å². The van der Waals surface area contributed by atoms with Crippen molar-refractivity contribution in [3.8, 4) is 0 Å². The molecule has 16 heavy (non-hydrogen) atoms. The quantitative estimate of drug-likeness (QED) is 0.878. The number of anilines is 1. The van der Waals surface area contributed by atoms with E-state index in [1.807, 2.05) is 19.1 Å². The lowest BCUT2D eigenvalue weighted by atomic mass is 10.3. The Bertz CT molecular complexity index is 371. The van der Waals surface area contributed by atoms with Gasteiger partial charge in [-0.2, -0.15) is 0 Å². The molecular formula is C11H14BrClN2O. The van der Waals surface area contributed by atoms with Gasteiger partial charge in [-0.15, -0.1) is 0 Å². The topological polar surface area (TPSA) is 41.1 Å². The molecule has 0 bridgehead atoms. The summed E-state index contributed by atoms with van der Waals surface area (Å²) in [5.74, 6) is -0.0270. The molecule has 1 rings (SSSR count). The van der Waals surface area contributed by atoms with E-state index in [0.717, 1.165) is 16.6 Å². The number of hydrogen-bond acceptors (Lipinski definition) is 2. The third-order valence-corrected chi connectivity index (χ3v) is 2.75. The van der Waals surface area contributed by atoms with Gasteiger partial charge in [0.1, 0.15) is 0 Å². The van der Waals surface area contributed by atoms with Crippen LogP contribution >= 0.6 is 27.5 Å². The molecule has 0 heterocycles. The van der Waals surface area contributed by atoms with Gasteiger partial charge in [0.25, 0.3) is 0 Å². The van der Waals surface area contributed by atoms with Crippen LogP contribution in [0.2, 0.25) is 5.02 Å². The first-order valence-electron chi connectivity index (χ1n) is 5.09. The van der Waals surface area contributed by atoms with Crippen LogP contribution in [-0.2, 0) is 4.79 Å². The summed E-state index contributed by atoms with van der Waals surface area (Å²) in [5, 5.41) is 6.36. The molecule has 0 fully saturated rings. The summed E-state index contributed by atoms with van der Waals surface area (Å²) in [7, 11) is 0. The number of benzene rings is 1. The molecule has 0 saturated carbocycles. The normalized spacial score (nSPS) is 9.94. The standard InChI is InChI=1S/C11H14BrClN2O/c1-2-5-14-11(16)7-15-10-4-3-8(12)6-9(10)13/h3-4,6,15H,2,5,7H2,1H3,(H,14,16). The van der Waals surface area contributed by atoms with Gasteiger partial charge in [-0.05, 0) is 24.6 Å². The summed E-state index contributed by atoms with van der Waals surface area (Å²) in [5.41, 5.74) is 0.761. The molecule has 2 N–H and O–H groups in total. The Morgan fingerprint density at radius 3 is 2.88 bits per heavy atom. The second kappa shape index (κ2) is 6.76. The van der Waals surface area contributed by atoms with E-state index in [4.69, 9.17) is 11.6 Å². The Morgan fingerprint density at radius 2 is 2.25 bits per heavy atom. The summed E-state index contributed by atoms with van der Waals surface area (Å²) < 4.78 is 0.915. The summed E-state index contributed by atoms with van der Waals surface area (Å²) in [6.45, 7) is 2.95. The highest BCUT2D eigenvalue weighted by Gasteiger charge is 2.03. The first-order valence-corrected chi connectivity index (χ1v) is 6.26. The van der Waals surface area contributed by atoms with Crippen molar-refractivity contribution in [3.05, 3.63) is 27.7 Å². The van der Waals surface area contributed by atoms with Gasteiger partial charge in [-0.1, -0.05) is 34.5 Å². The van der Waals surface area contributed by atoms with Gasteiger partial charge >= 0.3 is 0 Å². The fraction of sp³-hybridized carbons (Fsp3) is 0.364. The number of halogens is 2. The Hall–Kier alpha value is -0.740. The smallest absolute Gasteiger partial charge is 0.239 e. The molecule has 0 saturated heterocycles. The van der Waals surface area contributed by atoms with E-state index >= 15 is 0 Å². The monoisotopic (exact) mass is 304 g/mol. The lowest BCUT2D eigenvalue weighted by Gasteiger charge is -2.08. The van der Waals surface area contributed by atoms with Crippen molar-refractivity contribution in [3.63, 3.8) is 0 Å². The van der Waals surface area contributed by atoms with Crippen molar-refractivity contribution in [2.75, 3.05) is 18.4 Å². The Morgan fingerprint density at radius 1 is 1.50 bits per heavy atom.